The van der Waals surface area contributed by atoms with E-state index in [4.69, 9.17) is 0 Å². The molecule has 24 heteroatoms. The highest BCUT2D eigenvalue weighted by Crippen LogP contribution is 2.54. The van der Waals surface area contributed by atoms with E-state index in [0.717, 1.165) is 24.3 Å². The van der Waals surface area contributed by atoms with Gasteiger partial charge in [0.15, 0.2) is 93.2 Å². The highest BCUT2D eigenvalue weighted by atomic mass is 19.2. The summed E-state index contributed by atoms with van der Waals surface area (Å²) in [5.74, 6) is -30.9. The molecule has 13 aromatic rings. The summed E-state index contributed by atoms with van der Waals surface area (Å²) >= 11 is 0. The zero-order chi connectivity index (χ0) is 83.9. The van der Waals surface area contributed by atoms with Crippen LogP contribution in [0.2, 0.25) is 0 Å². The Labute approximate surface area is 662 Å². The maximum atomic E-state index is 18.9. The Bertz CT molecular complexity index is 6640. The molecule has 0 amide bonds. The zero-order valence-corrected chi connectivity index (χ0v) is 64.5. The van der Waals surface area contributed by atoms with Crippen molar-refractivity contribution in [3.8, 4) is 89.0 Å². The summed E-state index contributed by atoms with van der Waals surface area (Å²) in [6, 6.07) is 30.5. The third-order valence-electron chi connectivity index (χ3n) is 21.3. The van der Waals surface area contributed by atoms with Gasteiger partial charge in [-0.1, -0.05) is 200 Å². The minimum Gasteiger partial charge on any atom is -0.349 e. The second-order valence-corrected chi connectivity index (χ2v) is 30.6. The molecule has 0 aliphatic carbocycles. The second kappa shape index (κ2) is 28.2. The van der Waals surface area contributed by atoms with E-state index in [-0.39, 0.29) is 33.4 Å². The van der Waals surface area contributed by atoms with Gasteiger partial charge in [0.1, 0.15) is 45.6 Å². The molecule has 17 rings (SSSR count). The molecule has 4 aliphatic heterocycles. The number of H-pyrrole nitrogens is 4. The number of nitrogens with zero attached hydrogens (tertiary/aromatic N) is 4. The van der Waals surface area contributed by atoms with Gasteiger partial charge in [0.25, 0.3) is 0 Å². The number of aromatic nitrogens is 8. The van der Waals surface area contributed by atoms with Gasteiger partial charge in [-0.3, -0.25) is 0 Å². The van der Waals surface area contributed by atoms with E-state index in [1.54, 1.807) is 119 Å². The lowest BCUT2D eigenvalue weighted by atomic mass is 9.92. The number of fused-ring (bicyclic) bond motifs is 16. The van der Waals surface area contributed by atoms with Crippen LogP contribution >= 0.6 is 0 Å². The Hall–Kier alpha value is -13.4. The molecule has 16 bridgehead atoms. The summed E-state index contributed by atoms with van der Waals surface area (Å²) < 4.78 is 294. The van der Waals surface area contributed by atoms with Crippen molar-refractivity contribution < 1.29 is 70.2 Å². The molecular weight excluding hydrogens is 1550 g/mol. The molecule has 118 heavy (non-hydrogen) atoms. The minimum absolute atomic E-state index is 0.103. The Kier molecular flexibility index (Phi) is 18.5. The number of nitrogens with one attached hydrogen (secondary N) is 4. The van der Waals surface area contributed by atoms with Crippen LogP contribution < -0.4 is 0 Å². The molecule has 4 aliphatic rings. The first-order valence-corrected chi connectivity index (χ1v) is 37.0. The summed E-state index contributed by atoms with van der Waals surface area (Å²) in [4.78, 5) is 28.4. The van der Waals surface area contributed by atoms with Crippen molar-refractivity contribution in [2.75, 3.05) is 0 Å². The van der Waals surface area contributed by atoms with E-state index in [1.165, 1.54) is 72.8 Å². The molecule has 4 N–H and O–H groups in total. The Morgan fingerprint density at radius 1 is 0.178 bits per heavy atom. The highest BCUT2D eigenvalue weighted by Gasteiger charge is 2.40. The number of aryl methyl sites for hydroxylation is 12. The number of rotatable bonds is 8. The third-order valence-corrected chi connectivity index (χ3v) is 21.3. The van der Waals surface area contributed by atoms with Crippen LogP contribution in [0.5, 0.6) is 0 Å². The number of aromatic amines is 4. The van der Waals surface area contributed by atoms with Gasteiger partial charge in [-0.2, -0.15) is 0 Å². The van der Waals surface area contributed by atoms with Crippen LogP contribution in [0, 0.1) is 130 Å². The SMILES string of the molecule is Cc1cc(C)cc(-c2c3nc(c(-c4cc(C)cc(C)c4)c4[nH]c(c(F)c4F)c(-c4ccccc4-c4c5nc(c(-c6cc(C)cc(C)c6)c6[nH]c(c(F)c6F)c(-c6cc(C)cc(C)c6)c6nc(c(-c7cc(C)cc(C)c7)c7[nH]c4c(F)c7F)C(F)=C6F)C(F)=C5F)c4nc(c(-c5cc(C)cc(C)c5)c5[nH]c2c(F)c5F)C(F)=C4F)C(F)=C3F)c1. The lowest BCUT2D eigenvalue weighted by Crippen LogP contribution is -1.96. The van der Waals surface area contributed by atoms with E-state index < -0.39 is 238 Å². The van der Waals surface area contributed by atoms with E-state index >= 15 is 70.2 Å². The Morgan fingerprint density at radius 3 is 0.449 bits per heavy atom. The van der Waals surface area contributed by atoms with Crippen LogP contribution in [0.3, 0.4) is 0 Å². The molecule has 0 atom stereocenters. The number of hydrogen-bond donors (Lipinski definition) is 4. The lowest BCUT2D eigenvalue weighted by Gasteiger charge is -2.14. The van der Waals surface area contributed by atoms with E-state index in [0.29, 0.717) is 66.8 Å². The predicted octanol–water partition coefficient (Wildman–Crippen LogP) is 28.2. The molecule has 0 fully saturated rings. The van der Waals surface area contributed by atoms with Gasteiger partial charge in [-0.25, -0.2) is 90.2 Å². The molecular formula is C94H62F16N8. The molecule has 6 aromatic heterocycles. The molecule has 0 spiro atoms. The summed E-state index contributed by atoms with van der Waals surface area (Å²) in [5, 5.41) is 0. The van der Waals surface area contributed by atoms with Crippen molar-refractivity contribution in [3.63, 3.8) is 0 Å². The van der Waals surface area contributed by atoms with Crippen LogP contribution in [0.15, 0.2) is 133 Å². The van der Waals surface area contributed by atoms with Crippen LogP contribution in [0.25, 0.3) is 180 Å². The molecule has 0 unspecified atom stereocenters. The van der Waals surface area contributed by atoms with Gasteiger partial charge < -0.3 is 19.9 Å². The molecule has 0 radical (unpaired) electrons. The standard InChI is InChI=1S/C94H62F16N8/c1-35-17-36(2)24-47(23-35)55-79-63(95)67(99)83(111-79)57(49-27-39(5)19-40(6)28-49)87-71(103)75(107)91(115-87)61(92-76(108)72(104)88(116-92)58(50-29-41(7)20-42(8)30-50)84-68(100)64(96)80(55)112-84)53-15-13-14-16-54(53)62-93-77(109)73(105)89(117-93)59(51-31-43(9)21-44(10)32-51)85-69(101)65(97)81(113-85)56(48-25-37(3)18-38(4)26-48)82-66(98)70(102)86(114-82)60(52-33-45(11)22-46(12)34-52)90-74(106)78(110)94(62)118-90/h13-34,111,113,116,118H,1-12H3. The van der Waals surface area contributed by atoms with Gasteiger partial charge in [0, 0.05) is 44.5 Å². The van der Waals surface area contributed by atoms with Crippen molar-refractivity contribution in [3.05, 3.63) is 292 Å². The fourth-order valence-electron chi connectivity index (χ4n) is 17.0. The first-order chi connectivity index (χ1) is 56.0. The van der Waals surface area contributed by atoms with E-state index in [1.807, 2.05) is 0 Å². The van der Waals surface area contributed by atoms with Crippen molar-refractivity contribution in [2.45, 2.75) is 83.1 Å². The monoisotopic (exact) mass is 1610 g/mol. The van der Waals surface area contributed by atoms with Gasteiger partial charge in [-0.05, 0) is 128 Å². The summed E-state index contributed by atoms with van der Waals surface area (Å²) in [5.41, 5.74) is -23.0. The normalized spacial score (nSPS) is 13.1. The Balaban J connectivity index is 1.13. The van der Waals surface area contributed by atoms with Crippen LogP contribution in [0.4, 0.5) is 70.2 Å². The van der Waals surface area contributed by atoms with Gasteiger partial charge >= 0.3 is 0 Å². The smallest absolute Gasteiger partial charge is 0.187 e. The number of hydrogen-bond acceptors (Lipinski definition) is 4. The highest BCUT2D eigenvalue weighted by molar-refractivity contribution is 6.11. The lowest BCUT2D eigenvalue weighted by molar-refractivity contribution is 0.529. The third kappa shape index (κ3) is 12.3. The fraction of sp³-hybridized carbons (Fsp3) is 0.128. The average Bonchev–Trinajstić information content (AvgIpc) is 1.57. The summed E-state index contributed by atoms with van der Waals surface area (Å²) in [7, 11) is 0. The molecule has 7 aromatic carbocycles. The second-order valence-electron chi connectivity index (χ2n) is 30.6. The first kappa shape index (κ1) is 77.2. The summed E-state index contributed by atoms with van der Waals surface area (Å²) in [6.45, 7) is 19.0. The largest absolute Gasteiger partial charge is 0.349 e. The maximum absolute atomic E-state index is 18.9. The quantitative estimate of drug-likeness (QED) is 0.113. The van der Waals surface area contributed by atoms with Crippen molar-refractivity contribution in [1.29, 1.82) is 0 Å². The van der Waals surface area contributed by atoms with E-state index in [9.17, 15) is 0 Å². The molecule has 8 nitrogen and oxygen atoms in total. The van der Waals surface area contributed by atoms with Crippen LogP contribution in [-0.2, 0) is 0 Å². The number of halogens is 16. The van der Waals surface area contributed by atoms with Crippen molar-refractivity contribution >= 4 is 90.7 Å². The first-order valence-electron chi connectivity index (χ1n) is 37.0. The van der Waals surface area contributed by atoms with Gasteiger partial charge in [-0.15, -0.1) is 0 Å². The minimum atomic E-state index is -2.09. The number of benzene rings is 7. The maximum Gasteiger partial charge on any atom is 0.187 e. The van der Waals surface area contributed by atoms with Crippen LogP contribution in [0.1, 0.15) is 112 Å². The molecule has 10 heterocycles. The van der Waals surface area contributed by atoms with Gasteiger partial charge in [0.05, 0.1) is 44.1 Å². The van der Waals surface area contributed by atoms with Crippen molar-refractivity contribution in [1.82, 2.24) is 39.9 Å². The van der Waals surface area contributed by atoms with E-state index in [2.05, 4.69) is 39.9 Å². The van der Waals surface area contributed by atoms with Crippen LogP contribution in [-0.4, -0.2) is 39.9 Å². The summed E-state index contributed by atoms with van der Waals surface area (Å²) in [6.07, 6.45) is 0. The molecule has 590 valence electrons. The molecule has 0 saturated heterocycles. The van der Waals surface area contributed by atoms with Gasteiger partial charge in [0.2, 0.25) is 0 Å². The molecule has 0 saturated carbocycles. The van der Waals surface area contributed by atoms with Crippen molar-refractivity contribution in [2.24, 2.45) is 0 Å². The Morgan fingerprint density at radius 2 is 0.305 bits per heavy atom. The zero-order valence-electron chi connectivity index (χ0n) is 64.5. The fourth-order valence-corrected chi connectivity index (χ4v) is 17.0. The predicted molar refractivity (Wildman–Crippen MR) is 432 cm³/mol. The topological polar surface area (TPSA) is 115 Å². The average molecular weight is 1610 g/mol.